The predicted octanol–water partition coefficient (Wildman–Crippen LogP) is 5.82. The van der Waals surface area contributed by atoms with E-state index in [9.17, 15) is 4.79 Å². The first kappa shape index (κ1) is 17.8. The highest BCUT2D eigenvalue weighted by Gasteiger charge is 2.16. The van der Waals surface area contributed by atoms with E-state index in [-0.39, 0.29) is 12.3 Å². The number of rotatable bonds is 5. The zero-order chi connectivity index (χ0) is 18.8. The molecular weight excluding hydrogens is 379 g/mol. The summed E-state index contributed by atoms with van der Waals surface area (Å²) < 4.78 is 1.97. The van der Waals surface area contributed by atoms with E-state index in [4.69, 9.17) is 28.2 Å². The SMILES string of the molecule is O=C(Cn1c(Cc2ccccc2Cl)nc2ccccc21)c1ccc(Cl)cc1. The van der Waals surface area contributed by atoms with Gasteiger partial charge in [-0.25, -0.2) is 4.98 Å². The van der Waals surface area contributed by atoms with Crippen molar-refractivity contribution in [2.24, 2.45) is 0 Å². The molecule has 0 bridgehead atoms. The number of aromatic nitrogens is 2. The van der Waals surface area contributed by atoms with Crippen LogP contribution in [0.4, 0.5) is 0 Å². The molecule has 3 nitrogen and oxygen atoms in total. The normalized spacial score (nSPS) is 11.0. The molecule has 0 saturated heterocycles. The lowest BCUT2D eigenvalue weighted by Crippen LogP contribution is -2.13. The first-order chi connectivity index (χ1) is 13.1. The minimum absolute atomic E-state index is 0.00947. The Bertz CT molecular complexity index is 1120. The summed E-state index contributed by atoms with van der Waals surface area (Å²) in [4.78, 5) is 17.6. The van der Waals surface area contributed by atoms with Crippen LogP contribution < -0.4 is 0 Å². The van der Waals surface area contributed by atoms with Crippen LogP contribution in [-0.4, -0.2) is 15.3 Å². The van der Waals surface area contributed by atoms with Crippen molar-refractivity contribution in [2.45, 2.75) is 13.0 Å². The summed E-state index contributed by atoms with van der Waals surface area (Å²) >= 11 is 12.3. The summed E-state index contributed by atoms with van der Waals surface area (Å²) in [5, 5.41) is 1.30. The lowest BCUT2D eigenvalue weighted by atomic mass is 10.1. The summed E-state index contributed by atoms with van der Waals surface area (Å²) in [6.07, 6.45) is 0.558. The van der Waals surface area contributed by atoms with Crippen LogP contribution in [0, 0.1) is 0 Å². The van der Waals surface area contributed by atoms with Gasteiger partial charge in [-0.05, 0) is 48.0 Å². The number of halogens is 2. The fourth-order valence-corrected chi connectivity index (χ4v) is 3.45. The molecule has 0 N–H and O–H groups in total. The average Bonchev–Trinajstić information content (AvgIpc) is 3.01. The summed E-state index contributed by atoms with van der Waals surface area (Å²) in [6.45, 7) is 0.210. The number of hydrogen-bond acceptors (Lipinski definition) is 2. The number of ketones is 1. The maximum absolute atomic E-state index is 12.8. The first-order valence-corrected chi connectivity index (χ1v) is 9.34. The highest BCUT2D eigenvalue weighted by Crippen LogP contribution is 2.23. The van der Waals surface area contributed by atoms with E-state index in [0.717, 1.165) is 22.4 Å². The molecule has 3 aromatic carbocycles. The number of carbonyl (C=O) groups excluding carboxylic acids is 1. The van der Waals surface area contributed by atoms with Crippen molar-refractivity contribution in [1.82, 2.24) is 9.55 Å². The maximum atomic E-state index is 12.8. The number of fused-ring (bicyclic) bond motifs is 1. The highest BCUT2D eigenvalue weighted by molar-refractivity contribution is 6.31. The second-order valence-electron chi connectivity index (χ2n) is 6.30. The van der Waals surface area contributed by atoms with E-state index in [1.165, 1.54) is 0 Å². The molecule has 0 unspecified atom stereocenters. The lowest BCUT2D eigenvalue weighted by Gasteiger charge is -2.10. The fraction of sp³-hybridized carbons (Fsp3) is 0.0909. The topological polar surface area (TPSA) is 34.9 Å². The molecule has 0 amide bonds. The Balaban J connectivity index is 1.73. The largest absolute Gasteiger partial charge is 0.320 e. The van der Waals surface area contributed by atoms with E-state index in [0.29, 0.717) is 22.0 Å². The quantitative estimate of drug-likeness (QED) is 0.399. The Morgan fingerprint density at radius 1 is 0.889 bits per heavy atom. The van der Waals surface area contributed by atoms with Crippen molar-refractivity contribution in [3.63, 3.8) is 0 Å². The second-order valence-corrected chi connectivity index (χ2v) is 7.14. The van der Waals surface area contributed by atoms with Gasteiger partial charge < -0.3 is 4.57 Å². The number of hydrogen-bond donors (Lipinski definition) is 0. The van der Waals surface area contributed by atoms with Crippen molar-refractivity contribution >= 4 is 40.0 Å². The molecule has 0 aliphatic rings. The van der Waals surface area contributed by atoms with Crippen molar-refractivity contribution in [2.75, 3.05) is 0 Å². The van der Waals surface area contributed by atoms with Crippen LogP contribution >= 0.6 is 23.2 Å². The van der Waals surface area contributed by atoms with E-state index in [1.807, 2.05) is 53.1 Å². The number of nitrogens with zero attached hydrogens (tertiary/aromatic N) is 2. The van der Waals surface area contributed by atoms with Gasteiger partial charge in [0, 0.05) is 22.0 Å². The van der Waals surface area contributed by atoms with E-state index < -0.39 is 0 Å². The van der Waals surface area contributed by atoms with Gasteiger partial charge in [-0.2, -0.15) is 0 Å². The van der Waals surface area contributed by atoms with Gasteiger partial charge in [-0.15, -0.1) is 0 Å². The summed E-state index contributed by atoms with van der Waals surface area (Å²) in [7, 11) is 0. The summed E-state index contributed by atoms with van der Waals surface area (Å²) in [6, 6.07) is 22.5. The van der Waals surface area contributed by atoms with Crippen molar-refractivity contribution in [1.29, 1.82) is 0 Å². The van der Waals surface area contributed by atoms with Gasteiger partial charge in [0.05, 0.1) is 17.6 Å². The fourth-order valence-electron chi connectivity index (χ4n) is 3.12. The molecule has 5 heteroatoms. The minimum atomic E-state index is 0.00947. The number of imidazole rings is 1. The Labute approximate surface area is 167 Å². The number of para-hydroxylation sites is 2. The lowest BCUT2D eigenvalue weighted by molar-refractivity contribution is 0.0972. The molecule has 1 aromatic heterocycles. The van der Waals surface area contributed by atoms with Crippen LogP contribution in [0.3, 0.4) is 0 Å². The Morgan fingerprint density at radius 2 is 1.59 bits per heavy atom. The van der Waals surface area contributed by atoms with Gasteiger partial charge >= 0.3 is 0 Å². The van der Waals surface area contributed by atoms with Crippen LogP contribution in [-0.2, 0) is 13.0 Å². The molecule has 0 fully saturated rings. The molecule has 27 heavy (non-hydrogen) atoms. The van der Waals surface area contributed by atoms with Crippen LogP contribution in [0.25, 0.3) is 11.0 Å². The Morgan fingerprint density at radius 3 is 2.37 bits per heavy atom. The van der Waals surface area contributed by atoms with Gasteiger partial charge in [-0.1, -0.05) is 53.5 Å². The number of carbonyl (C=O) groups is 1. The molecule has 4 aromatic rings. The summed E-state index contributed by atoms with van der Waals surface area (Å²) in [5.74, 6) is 0.821. The smallest absolute Gasteiger partial charge is 0.182 e. The summed E-state index contributed by atoms with van der Waals surface area (Å²) in [5.41, 5.74) is 3.40. The molecule has 0 radical (unpaired) electrons. The molecule has 4 rings (SSSR count). The number of benzene rings is 3. The third-order valence-corrected chi connectivity index (χ3v) is 5.13. The van der Waals surface area contributed by atoms with Crippen molar-refractivity contribution in [3.05, 3.63) is 99.8 Å². The molecule has 1 heterocycles. The van der Waals surface area contributed by atoms with Crippen LogP contribution in [0.1, 0.15) is 21.7 Å². The Kier molecular flexibility index (Phi) is 4.97. The molecule has 0 aliphatic heterocycles. The molecule has 134 valence electrons. The van der Waals surface area contributed by atoms with Gasteiger partial charge in [0.1, 0.15) is 5.82 Å². The van der Waals surface area contributed by atoms with E-state index in [2.05, 4.69) is 0 Å². The van der Waals surface area contributed by atoms with Gasteiger partial charge in [0.2, 0.25) is 0 Å². The van der Waals surface area contributed by atoms with Crippen LogP contribution in [0.15, 0.2) is 72.8 Å². The first-order valence-electron chi connectivity index (χ1n) is 8.58. The second kappa shape index (κ2) is 7.55. The van der Waals surface area contributed by atoms with E-state index in [1.54, 1.807) is 24.3 Å². The third-order valence-electron chi connectivity index (χ3n) is 4.51. The zero-order valence-electron chi connectivity index (χ0n) is 14.4. The van der Waals surface area contributed by atoms with Gasteiger partial charge in [0.25, 0.3) is 0 Å². The molecular formula is C22H16Cl2N2O. The van der Waals surface area contributed by atoms with E-state index >= 15 is 0 Å². The van der Waals surface area contributed by atoms with Crippen LogP contribution in [0.5, 0.6) is 0 Å². The third kappa shape index (κ3) is 3.75. The molecule has 0 spiro atoms. The van der Waals surface area contributed by atoms with Crippen molar-refractivity contribution < 1.29 is 4.79 Å². The highest BCUT2D eigenvalue weighted by atomic mass is 35.5. The number of Topliss-reactive ketones (excluding diaryl/α,β-unsaturated/α-hetero) is 1. The maximum Gasteiger partial charge on any atom is 0.182 e. The zero-order valence-corrected chi connectivity index (χ0v) is 15.9. The van der Waals surface area contributed by atoms with Crippen LogP contribution in [0.2, 0.25) is 10.0 Å². The van der Waals surface area contributed by atoms with Crippen molar-refractivity contribution in [3.8, 4) is 0 Å². The monoisotopic (exact) mass is 394 g/mol. The van der Waals surface area contributed by atoms with Gasteiger partial charge in [0.15, 0.2) is 5.78 Å². The molecule has 0 saturated carbocycles. The molecule has 0 atom stereocenters. The molecule has 0 aliphatic carbocycles. The minimum Gasteiger partial charge on any atom is -0.320 e. The standard InChI is InChI=1S/C22H16Cl2N2O/c23-17-11-9-15(10-12-17)21(27)14-26-20-8-4-3-7-19(20)25-22(26)13-16-5-1-2-6-18(16)24/h1-12H,13-14H2. The average molecular weight is 395 g/mol. The predicted molar refractivity (Wildman–Crippen MR) is 110 cm³/mol. The van der Waals surface area contributed by atoms with Gasteiger partial charge in [-0.3, -0.25) is 4.79 Å². The Hall–Kier alpha value is -2.62.